The lowest BCUT2D eigenvalue weighted by atomic mass is 10.3. The summed E-state index contributed by atoms with van der Waals surface area (Å²) < 4.78 is 2.38. The van der Waals surface area contributed by atoms with Gasteiger partial charge in [-0.05, 0) is 28.1 Å². The van der Waals surface area contributed by atoms with Gasteiger partial charge in [0.1, 0.15) is 5.69 Å². The standard InChI is InChI=1S/C12H11BrN4O3/c1-17-6-8(13)4-9(17)12(20)16-15-11(19)7-2-3-10(18)14-5-7/h2-6H,1H3,(H,14,18)(H,15,19)(H,16,20). The molecule has 2 aromatic heterocycles. The molecule has 0 radical (unpaired) electrons. The van der Waals surface area contributed by atoms with Crippen LogP contribution in [0.25, 0.3) is 0 Å². The number of nitrogens with zero attached hydrogens (tertiary/aromatic N) is 1. The van der Waals surface area contributed by atoms with Crippen molar-refractivity contribution >= 4 is 27.7 Å². The molecule has 0 saturated heterocycles. The summed E-state index contributed by atoms with van der Waals surface area (Å²) in [5, 5.41) is 0. The number of aromatic nitrogens is 2. The fourth-order valence-electron chi connectivity index (χ4n) is 1.55. The molecule has 20 heavy (non-hydrogen) atoms. The van der Waals surface area contributed by atoms with Gasteiger partial charge >= 0.3 is 0 Å². The molecule has 0 fully saturated rings. The van der Waals surface area contributed by atoms with Gasteiger partial charge in [0.15, 0.2) is 0 Å². The molecule has 0 aliphatic carbocycles. The largest absolute Gasteiger partial charge is 0.345 e. The van der Waals surface area contributed by atoms with Crippen LogP contribution < -0.4 is 16.4 Å². The third-order valence-electron chi connectivity index (χ3n) is 2.54. The predicted molar refractivity (Wildman–Crippen MR) is 75.1 cm³/mol. The number of nitrogens with one attached hydrogen (secondary N) is 3. The van der Waals surface area contributed by atoms with Crippen LogP contribution in [0.15, 0.2) is 39.9 Å². The first kappa shape index (κ1) is 14.1. The molecule has 104 valence electrons. The number of halogens is 1. The minimum Gasteiger partial charge on any atom is -0.345 e. The van der Waals surface area contributed by atoms with Gasteiger partial charge in [-0.15, -0.1) is 0 Å². The van der Waals surface area contributed by atoms with Gasteiger partial charge in [0.05, 0.1) is 5.56 Å². The molecule has 0 saturated carbocycles. The molecular weight excluding hydrogens is 328 g/mol. The maximum Gasteiger partial charge on any atom is 0.286 e. The molecular formula is C12H11BrN4O3. The molecule has 0 aliphatic heterocycles. The van der Waals surface area contributed by atoms with Gasteiger partial charge in [-0.3, -0.25) is 25.2 Å². The quantitative estimate of drug-likeness (QED) is 0.697. The van der Waals surface area contributed by atoms with Crippen molar-refractivity contribution in [2.24, 2.45) is 7.05 Å². The molecule has 2 aromatic rings. The number of H-pyrrole nitrogens is 1. The highest BCUT2D eigenvalue weighted by atomic mass is 79.9. The summed E-state index contributed by atoms with van der Waals surface area (Å²) in [6.45, 7) is 0. The van der Waals surface area contributed by atoms with E-state index < -0.39 is 11.8 Å². The van der Waals surface area contributed by atoms with Crippen LogP contribution in [0.3, 0.4) is 0 Å². The molecule has 0 bridgehead atoms. The van der Waals surface area contributed by atoms with E-state index in [1.165, 1.54) is 18.3 Å². The van der Waals surface area contributed by atoms with E-state index in [4.69, 9.17) is 0 Å². The van der Waals surface area contributed by atoms with Crippen LogP contribution >= 0.6 is 15.9 Å². The number of hydrogen-bond acceptors (Lipinski definition) is 3. The maximum absolute atomic E-state index is 11.8. The Bertz CT molecular complexity index is 699. The number of aromatic amines is 1. The van der Waals surface area contributed by atoms with E-state index in [1.807, 2.05) is 0 Å². The van der Waals surface area contributed by atoms with Crippen molar-refractivity contribution in [2.75, 3.05) is 0 Å². The minimum atomic E-state index is -0.525. The van der Waals surface area contributed by atoms with Crippen LogP contribution in [-0.2, 0) is 7.05 Å². The number of hydrazine groups is 1. The summed E-state index contributed by atoms with van der Waals surface area (Å²) in [6, 6.07) is 4.21. The number of aryl methyl sites for hydroxylation is 1. The summed E-state index contributed by atoms with van der Waals surface area (Å²) in [5.41, 5.74) is 4.87. The average molecular weight is 339 g/mol. The highest BCUT2D eigenvalue weighted by Crippen LogP contribution is 2.13. The molecule has 0 spiro atoms. The van der Waals surface area contributed by atoms with Gasteiger partial charge in [-0.2, -0.15) is 0 Å². The number of hydrogen-bond donors (Lipinski definition) is 3. The lowest BCUT2D eigenvalue weighted by molar-refractivity contribution is 0.0842. The van der Waals surface area contributed by atoms with E-state index in [2.05, 4.69) is 31.8 Å². The Morgan fingerprint density at radius 3 is 2.50 bits per heavy atom. The first-order valence-corrected chi connectivity index (χ1v) is 6.38. The van der Waals surface area contributed by atoms with Gasteiger partial charge in [0, 0.05) is 30.0 Å². The molecule has 2 rings (SSSR count). The summed E-state index contributed by atoms with van der Waals surface area (Å²) >= 11 is 3.25. The minimum absolute atomic E-state index is 0.234. The van der Waals surface area contributed by atoms with Crippen LogP contribution in [-0.4, -0.2) is 21.4 Å². The van der Waals surface area contributed by atoms with Crippen molar-refractivity contribution in [3.8, 4) is 0 Å². The third-order valence-corrected chi connectivity index (χ3v) is 2.97. The molecule has 7 nitrogen and oxygen atoms in total. The molecule has 0 aliphatic rings. The fourth-order valence-corrected chi connectivity index (χ4v) is 2.08. The first-order chi connectivity index (χ1) is 9.47. The Balaban J connectivity index is 2.00. The molecule has 2 heterocycles. The highest BCUT2D eigenvalue weighted by Gasteiger charge is 2.12. The van der Waals surface area contributed by atoms with E-state index in [-0.39, 0.29) is 11.1 Å². The summed E-state index contributed by atoms with van der Waals surface area (Å²) in [4.78, 5) is 36.8. The summed E-state index contributed by atoms with van der Waals surface area (Å²) in [5.74, 6) is -0.973. The highest BCUT2D eigenvalue weighted by molar-refractivity contribution is 9.10. The monoisotopic (exact) mass is 338 g/mol. The summed E-state index contributed by atoms with van der Waals surface area (Å²) in [6.07, 6.45) is 2.99. The first-order valence-electron chi connectivity index (χ1n) is 5.58. The molecule has 0 aromatic carbocycles. The van der Waals surface area contributed by atoms with Gasteiger partial charge in [0.25, 0.3) is 11.8 Å². The Hall–Kier alpha value is -2.35. The van der Waals surface area contributed by atoms with Crippen LogP contribution in [0.5, 0.6) is 0 Å². The molecule has 2 amide bonds. The number of carbonyl (C=O) groups is 2. The molecule has 3 N–H and O–H groups in total. The van der Waals surface area contributed by atoms with Crippen molar-refractivity contribution in [3.05, 3.63) is 56.7 Å². The number of rotatable bonds is 2. The Kier molecular flexibility index (Phi) is 4.04. The number of pyridine rings is 1. The van der Waals surface area contributed by atoms with Crippen molar-refractivity contribution in [3.63, 3.8) is 0 Å². The van der Waals surface area contributed by atoms with E-state index in [1.54, 1.807) is 23.9 Å². The zero-order chi connectivity index (χ0) is 14.7. The van der Waals surface area contributed by atoms with Crippen LogP contribution in [0, 0.1) is 0 Å². The number of amides is 2. The average Bonchev–Trinajstić information content (AvgIpc) is 2.75. The van der Waals surface area contributed by atoms with Crippen LogP contribution in [0.1, 0.15) is 20.8 Å². The number of carbonyl (C=O) groups excluding carboxylic acids is 2. The second kappa shape index (κ2) is 5.74. The topological polar surface area (TPSA) is 96.0 Å². The Labute approximate surface area is 122 Å². The van der Waals surface area contributed by atoms with Gasteiger partial charge in [-0.1, -0.05) is 0 Å². The van der Waals surface area contributed by atoms with Gasteiger partial charge in [-0.25, -0.2) is 0 Å². The van der Waals surface area contributed by atoms with E-state index >= 15 is 0 Å². The fraction of sp³-hybridized carbons (Fsp3) is 0.0833. The molecule has 8 heteroatoms. The van der Waals surface area contributed by atoms with Crippen LogP contribution in [0.4, 0.5) is 0 Å². The normalized spacial score (nSPS) is 10.1. The zero-order valence-corrected chi connectivity index (χ0v) is 12.0. The molecule has 0 atom stereocenters. The maximum atomic E-state index is 11.8. The van der Waals surface area contributed by atoms with E-state index in [0.717, 1.165) is 4.47 Å². The Morgan fingerprint density at radius 2 is 1.95 bits per heavy atom. The van der Waals surface area contributed by atoms with Crippen molar-refractivity contribution in [1.82, 2.24) is 20.4 Å². The predicted octanol–water partition coefficient (Wildman–Crippen LogP) is 0.551. The van der Waals surface area contributed by atoms with Crippen LogP contribution in [0.2, 0.25) is 0 Å². The summed E-state index contributed by atoms with van der Waals surface area (Å²) in [7, 11) is 1.71. The van der Waals surface area contributed by atoms with Gasteiger partial charge < -0.3 is 9.55 Å². The molecule has 0 unspecified atom stereocenters. The lowest BCUT2D eigenvalue weighted by Gasteiger charge is -2.07. The smallest absolute Gasteiger partial charge is 0.286 e. The Morgan fingerprint density at radius 1 is 1.25 bits per heavy atom. The lowest BCUT2D eigenvalue weighted by Crippen LogP contribution is -2.42. The van der Waals surface area contributed by atoms with Crippen molar-refractivity contribution in [1.29, 1.82) is 0 Å². The van der Waals surface area contributed by atoms with Crippen molar-refractivity contribution in [2.45, 2.75) is 0 Å². The second-order valence-corrected chi connectivity index (χ2v) is 4.92. The SMILES string of the molecule is Cn1cc(Br)cc1C(=O)NNC(=O)c1ccc(=O)[nH]c1. The van der Waals surface area contributed by atoms with E-state index in [0.29, 0.717) is 5.69 Å². The second-order valence-electron chi connectivity index (χ2n) is 4.00. The van der Waals surface area contributed by atoms with Gasteiger partial charge in [0.2, 0.25) is 5.56 Å². The van der Waals surface area contributed by atoms with Crippen molar-refractivity contribution < 1.29 is 9.59 Å². The van der Waals surface area contributed by atoms with E-state index in [9.17, 15) is 14.4 Å². The third kappa shape index (κ3) is 3.15. The zero-order valence-electron chi connectivity index (χ0n) is 10.4.